The Morgan fingerprint density at radius 2 is 2.32 bits per heavy atom. The molecule has 1 N–H and O–H groups in total. The first-order chi connectivity index (χ1) is 9.01. The lowest BCUT2D eigenvalue weighted by atomic mass is 10.2. The van der Waals surface area contributed by atoms with Crippen LogP contribution in [0.25, 0.3) is 10.2 Å². The minimum absolute atomic E-state index is 0.0666. The van der Waals surface area contributed by atoms with E-state index in [1.165, 1.54) is 11.3 Å². The summed E-state index contributed by atoms with van der Waals surface area (Å²) in [4.78, 5) is 16.1. The van der Waals surface area contributed by atoms with E-state index in [9.17, 15) is 4.79 Å². The van der Waals surface area contributed by atoms with Crippen LogP contribution < -0.4 is 5.32 Å². The summed E-state index contributed by atoms with van der Waals surface area (Å²) in [6.07, 6.45) is 1.75. The van der Waals surface area contributed by atoms with Gasteiger partial charge in [0.2, 0.25) is 5.91 Å². The van der Waals surface area contributed by atoms with Crippen molar-refractivity contribution in [2.45, 2.75) is 24.6 Å². The van der Waals surface area contributed by atoms with E-state index in [0.29, 0.717) is 10.2 Å². The Balaban J connectivity index is 2.22. The van der Waals surface area contributed by atoms with Crippen LogP contribution in [0.4, 0.5) is 5.13 Å². The maximum absolute atomic E-state index is 11.9. The number of aromatic nitrogens is 1. The number of hydrogen-bond donors (Lipinski definition) is 1. The summed E-state index contributed by atoms with van der Waals surface area (Å²) < 4.78 is 1.77. The monoisotopic (exact) mass is 424 g/mol. The van der Waals surface area contributed by atoms with Crippen molar-refractivity contribution in [1.29, 1.82) is 0 Å². The van der Waals surface area contributed by atoms with E-state index in [1.807, 2.05) is 13.0 Å². The van der Waals surface area contributed by atoms with E-state index in [-0.39, 0.29) is 10.7 Å². The van der Waals surface area contributed by atoms with Crippen LogP contribution in [-0.4, -0.2) is 15.7 Å². The van der Waals surface area contributed by atoms with Crippen molar-refractivity contribution < 1.29 is 4.79 Å². The largest absolute Gasteiger partial charge is 0.301 e. The molecule has 3 nitrogen and oxygen atoms in total. The Hall–Kier alpha value is -0.170. The summed E-state index contributed by atoms with van der Waals surface area (Å²) in [5.74, 6) is -0.0666. The smallest absolute Gasteiger partial charge is 0.239 e. The third-order valence-electron chi connectivity index (χ3n) is 2.47. The quantitative estimate of drug-likeness (QED) is 0.682. The van der Waals surface area contributed by atoms with E-state index in [1.54, 1.807) is 6.07 Å². The van der Waals surface area contributed by atoms with Gasteiger partial charge in [0.15, 0.2) is 5.13 Å². The van der Waals surface area contributed by atoms with Gasteiger partial charge in [-0.25, -0.2) is 4.98 Å². The van der Waals surface area contributed by atoms with Crippen molar-refractivity contribution in [2.75, 3.05) is 5.32 Å². The summed E-state index contributed by atoms with van der Waals surface area (Å²) in [5.41, 5.74) is 0.811. The molecule has 0 fully saturated rings. The molecular weight excluding hydrogens is 415 g/mol. The second kappa shape index (κ2) is 6.52. The number of nitrogens with zero attached hydrogens (tertiary/aromatic N) is 1. The van der Waals surface area contributed by atoms with Crippen LogP contribution in [0.1, 0.15) is 19.8 Å². The summed E-state index contributed by atoms with van der Waals surface area (Å²) >= 11 is 14.2. The molecule has 0 aliphatic rings. The Kier molecular flexibility index (Phi) is 5.22. The van der Waals surface area contributed by atoms with Crippen molar-refractivity contribution in [2.24, 2.45) is 0 Å². The predicted molar refractivity (Wildman–Crippen MR) is 88.6 cm³/mol. The molecule has 0 aliphatic carbocycles. The molecule has 1 amide bonds. The molecule has 1 heterocycles. The van der Waals surface area contributed by atoms with Crippen LogP contribution in [0.5, 0.6) is 0 Å². The molecule has 0 radical (unpaired) electrons. The highest BCUT2D eigenvalue weighted by Crippen LogP contribution is 2.34. The molecule has 1 atom stereocenters. The summed E-state index contributed by atoms with van der Waals surface area (Å²) in [6.45, 7) is 2.04. The number of thiazole rings is 1. The third-order valence-corrected chi connectivity index (χ3v) is 5.08. The zero-order valence-electron chi connectivity index (χ0n) is 10.0. The van der Waals surface area contributed by atoms with Gasteiger partial charge in [-0.15, -0.1) is 0 Å². The molecule has 0 spiro atoms. The Morgan fingerprint density at radius 1 is 1.58 bits per heavy atom. The van der Waals surface area contributed by atoms with E-state index < -0.39 is 0 Å². The summed E-state index contributed by atoms with van der Waals surface area (Å²) in [7, 11) is 0. The number of halogens is 3. The Labute approximate surface area is 137 Å². The van der Waals surface area contributed by atoms with Crippen molar-refractivity contribution in [1.82, 2.24) is 4.98 Å². The average molecular weight is 427 g/mol. The number of rotatable bonds is 4. The van der Waals surface area contributed by atoms with Gasteiger partial charge in [0.25, 0.3) is 0 Å². The zero-order valence-corrected chi connectivity index (χ0v) is 14.8. The first kappa shape index (κ1) is 15.2. The number of fused-ring (bicyclic) bond motifs is 1. The van der Waals surface area contributed by atoms with Crippen LogP contribution in [0.3, 0.4) is 0 Å². The molecule has 102 valence electrons. The molecule has 0 bridgehead atoms. The van der Waals surface area contributed by atoms with Gasteiger partial charge >= 0.3 is 0 Å². The van der Waals surface area contributed by atoms with Gasteiger partial charge in [-0.2, -0.15) is 0 Å². The second-order valence-electron chi connectivity index (χ2n) is 4.00. The minimum Gasteiger partial charge on any atom is -0.301 e. The number of benzene rings is 1. The molecule has 19 heavy (non-hydrogen) atoms. The van der Waals surface area contributed by atoms with Crippen molar-refractivity contribution in [3.8, 4) is 0 Å². The fraction of sp³-hybridized carbons (Fsp3) is 0.333. The highest BCUT2D eigenvalue weighted by atomic mass is 79.9. The van der Waals surface area contributed by atoms with E-state index >= 15 is 0 Å². The van der Waals surface area contributed by atoms with E-state index in [2.05, 4.69) is 42.2 Å². The third kappa shape index (κ3) is 3.68. The number of nitrogens with one attached hydrogen (secondary N) is 1. The number of carbonyl (C=O) groups excluding carboxylic acids is 1. The summed E-state index contributed by atoms with van der Waals surface area (Å²) in [6, 6.07) is 3.63. The lowest BCUT2D eigenvalue weighted by molar-refractivity contribution is -0.115. The number of alkyl halides is 1. The lowest BCUT2D eigenvalue weighted by Crippen LogP contribution is -2.22. The van der Waals surface area contributed by atoms with Crippen molar-refractivity contribution >= 4 is 76.1 Å². The normalized spacial score (nSPS) is 12.6. The molecule has 0 saturated carbocycles. The van der Waals surface area contributed by atoms with Crippen LogP contribution in [0.2, 0.25) is 5.02 Å². The molecule has 1 aromatic carbocycles. The van der Waals surface area contributed by atoms with Crippen molar-refractivity contribution in [3.05, 3.63) is 21.6 Å². The van der Waals surface area contributed by atoms with Crippen LogP contribution in [0.15, 0.2) is 16.6 Å². The van der Waals surface area contributed by atoms with Gasteiger partial charge in [0, 0.05) is 9.50 Å². The molecule has 0 saturated heterocycles. The molecule has 0 aliphatic heterocycles. The number of hydrogen-bond acceptors (Lipinski definition) is 3. The fourth-order valence-corrected chi connectivity index (χ4v) is 4.18. The van der Waals surface area contributed by atoms with Gasteiger partial charge in [0.05, 0.1) is 15.0 Å². The number of amides is 1. The summed E-state index contributed by atoms with van der Waals surface area (Å²) in [5, 5.41) is 4.05. The van der Waals surface area contributed by atoms with E-state index in [4.69, 9.17) is 11.6 Å². The average Bonchev–Trinajstić information content (AvgIpc) is 2.72. The zero-order chi connectivity index (χ0) is 14.0. The first-order valence-electron chi connectivity index (χ1n) is 5.71. The van der Waals surface area contributed by atoms with Gasteiger partial charge < -0.3 is 5.32 Å². The van der Waals surface area contributed by atoms with E-state index in [0.717, 1.165) is 27.5 Å². The fourth-order valence-electron chi connectivity index (χ4n) is 1.58. The SMILES string of the molecule is CCC[C@H](Br)C(=O)Nc1nc2c(Br)cc(Cl)cc2s1. The van der Waals surface area contributed by atoms with Crippen LogP contribution in [0, 0.1) is 0 Å². The number of carbonyl (C=O) groups is 1. The molecule has 2 rings (SSSR count). The molecule has 7 heteroatoms. The number of anilines is 1. The minimum atomic E-state index is -0.184. The van der Waals surface area contributed by atoms with Crippen LogP contribution in [-0.2, 0) is 4.79 Å². The molecular formula is C12H11Br2ClN2OS. The molecule has 0 unspecified atom stereocenters. The second-order valence-corrected chi connectivity index (χ2v) is 7.43. The maximum Gasteiger partial charge on any atom is 0.239 e. The Morgan fingerprint density at radius 3 is 3.00 bits per heavy atom. The van der Waals surface area contributed by atoms with Crippen LogP contribution >= 0.6 is 54.8 Å². The Bertz CT molecular complexity index is 617. The highest BCUT2D eigenvalue weighted by molar-refractivity contribution is 9.10. The topological polar surface area (TPSA) is 42.0 Å². The van der Waals surface area contributed by atoms with Gasteiger partial charge in [-0.3, -0.25) is 4.79 Å². The highest BCUT2D eigenvalue weighted by Gasteiger charge is 2.16. The first-order valence-corrected chi connectivity index (χ1v) is 8.62. The maximum atomic E-state index is 11.9. The molecule has 2 aromatic rings. The van der Waals surface area contributed by atoms with Crippen molar-refractivity contribution in [3.63, 3.8) is 0 Å². The van der Waals surface area contributed by atoms with Gasteiger partial charge in [-0.05, 0) is 34.5 Å². The predicted octanol–water partition coefficient (Wildman–Crippen LogP) is 5.21. The molecule has 1 aromatic heterocycles. The van der Waals surface area contributed by atoms with Gasteiger partial charge in [0.1, 0.15) is 0 Å². The lowest BCUT2D eigenvalue weighted by Gasteiger charge is -2.06. The standard InChI is InChI=1S/C12H11Br2ClN2OS/c1-2-3-7(13)11(18)17-12-16-10-8(14)4-6(15)5-9(10)19-12/h4-5,7H,2-3H2,1H3,(H,16,17,18)/t7-/m0/s1. The van der Waals surface area contributed by atoms with Gasteiger partial charge in [-0.1, -0.05) is 52.2 Å².